The normalized spacial score (nSPS) is 10.7. The predicted molar refractivity (Wildman–Crippen MR) is 109 cm³/mol. The summed E-state index contributed by atoms with van der Waals surface area (Å²) in [6.07, 6.45) is 0.664. The van der Waals surface area contributed by atoms with Gasteiger partial charge in [-0.1, -0.05) is 30.3 Å². The van der Waals surface area contributed by atoms with Crippen molar-refractivity contribution in [3.63, 3.8) is 0 Å². The lowest BCUT2D eigenvalue weighted by atomic mass is 10.00. The number of amides is 1. The highest BCUT2D eigenvalue weighted by molar-refractivity contribution is 5.83. The fraction of sp³-hybridized carbons (Fsp3) is 0.261. The number of fused-ring (bicyclic) bond motifs is 1. The van der Waals surface area contributed by atoms with E-state index >= 15 is 0 Å². The van der Waals surface area contributed by atoms with Gasteiger partial charge in [0.2, 0.25) is 0 Å². The van der Waals surface area contributed by atoms with Crippen LogP contribution in [-0.4, -0.2) is 25.0 Å². The predicted octanol–water partition coefficient (Wildman–Crippen LogP) is 1.72. The Morgan fingerprint density at radius 2 is 1.90 bits per heavy atom. The summed E-state index contributed by atoms with van der Waals surface area (Å²) >= 11 is 0. The van der Waals surface area contributed by atoms with Crippen molar-refractivity contribution in [1.29, 1.82) is 0 Å². The first-order chi connectivity index (χ1) is 14.4. The van der Waals surface area contributed by atoms with E-state index in [4.69, 9.17) is 9.15 Å². The largest absolute Gasteiger partial charge is 0.550 e. The van der Waals surface area contributed by atoms with Crippen LogP contribution in [0.3, 0.4) is 0 Å². The van der Waals surface area contributed by atoms with Crippen molar-refractivity contribution >= 4 is 22.8 Å². The molecule has 0 bridgehead atoms. The second kappa shape index (κ2) is 9.73. The fourth-order valence-electron chi connectivity index (χ4n) is 3.13. The van der Waals surface area contributed by atoms with Gasteiger partial charge in [0, 0.05) is 36.0 Å². The third kappa shape index (κ3) is 5.47. The maximum atomic E-state index is 12.5. The van der Waals surface area contributed by atoms with E-state index in [9.17, 15) is 19.5 Å². The minimum Gasteiger partial charge on any atom is -0.550 e. The maximum Gasteiger partial charge on any atom is 0.340 e. The van der Waals surface area contributed by atoms with Gasteiger partial charge in [-0.15, -0.1) is 0 Å². The second-order valence-corrected chi connectivity index (χ2v) is 6.93. The van der Waals surface area contributed by atoms with Crippen LogP contribution in [0.25, 0.3) is 11.0 Å². The van der Waals surface area contributed by atoms with Crippen LogP contribution in [0.2, 0.25) is 0 Å². The van der Waals surface area contributed by atoms with Crippen LogP contribution in [0.5, 0.6) is 5.75 Å². The molecule has 1 heterocycles. The minimum atomic E-state index is -1.15. The summed E-state index contributed by atoms with van der Waals surface area (Å²) in [7, 11) is 0. The van der Waals surface area contributed by atoms with E-state index in [1.807, 2.05) is 37.3 Å². The molecule has 156 valence electrons. The van der Waals surface area contributed by atoms with Crippen LogP contribution >= 0.6 is 0 Å². The third-order valence-electron chi connectivity index (χ3n) is 4.73. The maximum absolute atomic E-state index is 12.5. The summed E-state index contributed by atoms with van der Waals surface area (Å²) in [6.45, 7) is 1.89. The molecule has 3 aromatic rings. The SMILES string of the molecule is Cc1c(Cc2ccccc2)c(=O)oc2cc(OCC(=O)NCCCC(=O)[O-])ccc12. The molecular weight excluding hydrogens is 386 g/mol. The van der Waals surface area contributed by atoms with Crippen molar-refractivity contribution in [1.82, 2.24) is 5.32 Å². The molecule has 7 heteroatoms. The number of aliphatic carboxylic acids is 1. The van der Waals surface area contributed by atoms with Crippen LogP contribution in [0, 0.1) is 6.92 Å². The summed E-state index contributed by atoms with van der Waals surface area (Å²) in [5.74, 6) is -1.13. The molecule has 0 saturated heterocycles. The number of carboxylic acid groups (broad SMARTS) is 1. The monoisotopic (exact) mass is 408 g/mol. The highest BCUT2D eigenvalue weighted by atomic mass is 16.5. The van der Waals surface area contributed by atoms with Crippen LogP contribution < -0.4 is 20.8 Å². The van der Waals surface area contributed by atoms with E-state index in [1.54, 1.807) is 18.2 Å². The zero-order chi connectivity index (χ0) is 21.5. The molecule has 0 aliphatic carbocycles. The Kier molecular flexibility index (Phi) is 6.85. The van der Waals surface area contributed by atoms with Crippen molar-refractivity contribution in [2.24, 2.45) is 0 Å². The standard InChI is InChI=1S/C23H23NO6/c1-15-18-10-9-17(29-14-21(25)24-11-5-8-22(26)27)13-20(18)30-23(28)19(15)12-16-6-3-2-4-7-16/h2-4,6-7,9-10,13H,5,8,11-12,14H2,1H3,(H,24,25)(H,26,27)/p-1. The number of hydrogen-bond donors (Lipinski definition) is 1. The first kappa shape index (κ1) is 21.1. The van der Waals surface area contributed by atoms with Gasteiger partial charge in [0.1, 0.15) is 11.3 Å². The first-order valence-electron chi connectivity index (χ1n) is 9.63. The second-order valence-electron chi connectivity index (χ2n) is 6.93. The average molecular weight is 408 g/mol. The fourth-order valence-corrected chi connectivity index (χ4v) is 3.13. The number of carbonyl (C=O) groups is 2. The Hall–Kier alpha value is -3.61. The Labute approximate surface area is 173 Å². The number of rotatable bonds is 9. The Balaban J connectivity index is 1.68. The van der Waals surface area contributed by atoms with E-state index < -0.39 is 11.6 Å². The summed E-state index contributed by atoms with van der Waals surface area (Å²) in [6, 6.07) is 14.8. The van der Waals surface area contributed by atoms with Gasteiger partial charge in [-0.3, -0.25) is 4.79 Å². The Morgan fingerprint density at radius 3 is 2.63 bits per heavy atom. The average Bonchev–Trinajstić information content (AvgIpc) is 2.73. The van der Waals surface area contributed by atoms with Gasteiger partial charge < -0.3 is 24.4 Å². The van der Waals surface area contributed by atoms with E-state index in [2.05, 4.69) is 5.32 Å². The summed E-state index contributed by atoms with van der Waals surface area (Å²) in [4.78, 5) is 34.6. The van der Waals surface area contributed by atoms with Crippen molar-refractivity contribution in [3.8, 4) is 5.75 Å². The number of carbonyl (C=O) groups excluding carboxylic acids is 2. The number of carboxylic acids is 1. The van der Waals surface area contributed by atoms with Crippen LogP contribution in [0.1, 0.15) is 29.5 Å². The number of nitrogens with one attached hydrogen (secondary N) is 1. The molecule has 0 atom stereocenters. The van der Waals surface area contributed by atoms with Gasteiger partial charge in [0.05, 0.1) is 0 Å². The van der Waals surface area contributed by atoms with E-state index in [0.29, 0.717) is 29.7 Å². The van der Waals surface area contributed by atoms with Crippen LogP contribution in [-0.2, 0) is 16.0 Å². The molecule has 1 N–H and O–H groups in total. The Morgan fingerprint density at radius 1 is 1.13 bits per heavy atom. The van der Waals surface area contributed by atoms with Gasteiger partial charge in [-0.2, -0.15) is 0 Å². The molecule has 1 amide bonds. The quantitative estimate of drug-likeness (QED) is 0.427. The van der Waals surface area contributed by atoms with E-state index in [1.165, 1.54) is 0 Å². The first-order valence-corrected chi connectivity index (χ1v) is 9.63. The Bertz CT molecular complexity index is 1100. The topological polar surface area (TPSA) is 109 Å². The van der Waals surface area contributed by atoms with Gasteiger partial charge in [-0.05, 0) is 43.0 Å². The third-order valence-corrected chi connectivity index (χ3v) is 4.73. The van der Waals surface area contributed by atoms with Gasteiger partial charge in [0.15, 0.2) is 6.61 Å². The van der Waals surface area contributed by atoms with Crippen molar-refractivity contribution in [2.75, 3.05) is 13.2 Å². The molecule has 0 radical (unpaired) electrons. The number of benzene rings is 2. The molecule has 2 aromatic carbocycles. The highest BCUT2D eigenvalue weighted by Gasteiger charge is 2.13. The van der Waals surface area contributed by atoms with E-state index in [-0.39, 0.29) is 25.5 Å². The molecule has 3 rings (SSSR count). The van der Waals surface area contributed by atoms with Crippen molar-refractivity contribution in [2.45, 2.75) is 26.2 Å². The summed E-state index contributed by atoms with van der Waals surface area (Å²) < 4.78 is 11.0. The highest BCUT2D eigenvalue weighted by Crippen LogP contribution is 2.25. The molecule has 0 fully saturated rings. The lowest BCUT2D eigenvalue weighted by molar-refractivity contribution is -0.305. The summed E-state index contributed by atoms with van der Waals surface area (Å²) in [5.41, 5.74) is 2.48. The molecule has 1 aromatic heterocycles. The van der Waals surface area contributed by atoms with Crippen LogP contribution in [0.15, 0.2) is 57.7 Å². The molecule has 30 heavy (non-hydrogen) atoms. The van der Waals surface area contributed by atoms with Crippen molar-refractivity contribution in [3.05, 3.63) is 75.6 Å². The number of aryl methyl sites for hydroxylation is 1. The van der Waals surface area contributed by atoms with Gasteiger partial charge in [-0.25, -0.2) is 4.79 Å². The zero-order valence-corrected chi connectivity index (χ0v) is 16.6. The van der Waals surface area contributed by atoms with Crippen molar-refractivity contribution < 1.29 is 23.8 Å². The molecule has 0 aliphatic heterocycles. The molecule has 0 spiro atoms. The number of ether oxygens (including phenoxy) is 1. The summed E-state index contributed by atoms with van der Waals surface area (Å²) in [5, 5.41) is 13.7. The zero-order valence-electron chi connectivity index (χ0n) is 16.6. The van der Waals surface area contributed by atoms with E-state index in [0.717, 1.165) is 16.5 Å². The lowest BCUT2D eigenvalue weighted by Crippen LogP contribution is -2.31. The van der Waals surface area contributed by atoms with Gasteiger partial charge >= 0.3 is 5.63 Å². The smallest absolute Gasteiger partial charge is 0.340 e. The van der Waals surface area contributed by atoms with Crippen LogP contribution in [0.4, 0.5) is 0 Å². The molecule has 0 unspecified atom stereocenters. The minimum absolute atomic E-state index is 0.115. The molecule has 0 aliphatic rings. The molecular formula is C23H22NO6-. The molecule has 0 saturated carbocycles. The number of hydrogen-bond acceptors (Lipinski definition) is 6. The van der Waals surface area contributed by atoms with Gasteiger partial charge in [0.25, 0.3) is 5.91 Å². The lowest BCUT2D eigenvalue weighted by Gasteiger charge is -2.11. The molecule has 7 nitrogen and oxygen atoms in total.